The summed E-state index contributed by atoms with van der Waals surface area (Å²) in [5.41, 5.74) is 2.39. The van der Waals surface area contributed by atoms with E-state index < -0.39 is 11.5 Å². The van der Waals surface area contributed by atoms with E-state index in [1.165, 1.54) is 5.57 Å². The number of terminal acetylenes is 1. The molecule has 20 heavy (non-hydrogen) atoms. The number of hydrogen-bond acceptors (Lipinski definition) is 3. The molecule has 0 spiro atoms. The summed E-state index contributed by atoms with van der Waals surface area (Å²) in [6, 6.07) is 0. The first-order valence-electron chi connectivity index (χ1n) is 6.66. The Morgan fingerprint density at radius 2 is 2.15 bits per heavy atom. The van der Waals surface area contributed by atoms with E-state index in [1.807, 2.05) is 12.8 Å². The Kier molecular flexibility index (Phi) is 5.52. The van der Waals surface area contributed by atoms with Crippen LogP contribution < -0.4 is 0 Å². The quantitative estimate of drug-likeness (QED) is 0.309. The molecule has 3 nitrogen and oxygen atoms in total. The van der Waals surface area contributed by atoms with Gasteiger partial charge in [-0.1, -0.05) is 23.8 Å². The van der Waals surface area contributed by atoms with Crippen molar-refractivity contribution in [1.29, 1.82) is 0 Å². The molecular weight excluding hydrogens is 252 g/mol. The topological polar surface area (TPSA) is 60.7 Å². The second-order valence-electron chi connectivity index (χ2n) is 5.39. The maximum absolute atomic E-state index is 9.93. The van der Waals surface area contributed by atoms with Crippen molar-refractivity contribution >= 4 is 0 Å². The Hall–Kier alpha value is -2.08. The Labute approximate surface area is 120 Å². The molecular formula is C17H22O3. The highest BCUT2D eigenvalue weighted by atomic mass is 16.3. The number of hydrogen-bond donors (Lipinski definition) is 3. The summed E-state index contributed by atoms with van der Waals surface area (Å²) in [6.07, 6.45) is 10.7. The molecule has 0 fully saturated rings. The highest BCUT2D eigenvalue weighted by Gasteiger charge is 2.25. The highest BCUT2D eigenvalue weighted by molar-refractivity contribution is 5.28. The summed E-state index contributed by atoms with van der Waals surface area (Å²) in [6.45, 7) is 8.08. The predicted octanol–water partition coefficient (Wildman–Crippen LogP) is 4.33. The number of allylic oxidation sites excluding steroid dienone is 6. The summed E-state index contributed by atoms with van der Waals surface area (Å²) < 4.78 is 0. The second kappa shape index (κ2) is 6.91. The molecule has 2 atom stereocenters. The van der Waals surface area contributed by atoms with Crippen LogP contribution in [0.2, 0.25) is 0 Å². The summed E-state index contributed by atoms with van der Waals surface area (Å²) in [7, 11) is 0. The molecule has 0 aliphatic heterocycles. The molecule has 1 rings (SSSR count). The molecule has 3 N–H and O–H groups in total. The van der Waals surface area contributed by atoms with Crippen molar-refractivity contribution in [2.75, 3.05) is 0 Å². The van der Waals surface area contributed by atoms with E-state index in [-0.39, 0.29) is 11.7 Å². The van der Waals surface area contributed by atoms with Crippen LogP contribution in [0.3, 0.4) is 0 Å². The molecule has 1 aliphatic carbocycles. The molecule has 0 aromatic carbocycles. The van der Waals surface area contributed by atoms with E-state index in [9.17, 15) is 15.3 Å². The van der Waals surface area contributed by atoms with Crippen LogP contribution in [0.1, 0.15) is 33.1 Å². The van der Waals surface area contributed by atoms with Gasteiger partial charge in [-0.25, -0.2) is 0 Å². The molecule has 0 amide bonds. The third kappa shape index (κ3) is 4.24. The molecule has 2 unspecified atom stereocenters. The van der Waals surface area contributed by atoms with Gasteiger partial charge in [0.15, 0.2) is 5.76 Å². The number of rotatable bonds is 4. The van der Waals surface area contributed by atoms with Gasteiger partial charge in [-0.3, -0.25) is 0 Å². The van der Waals surface area contributed by atoms with Crippen LogP contribution >= 0.6 is 0 Å². The van der Waals surface area contributed by atoms with Crippen molar-refractivity contribution in [1.82, 2.24) is 0 Å². The van der Waals surface area contributed by atoms with Crippen molar-refractivity contribution < 1.29 is 15.3 Å². The largest absolute Gasteiger partial charge is 0.512 e. The van der Waals surface area contributed by atoms with Crippen LogP contribution in [-0.2, 0) is 0 Å². The first-order valence-corrected chi connectivity index (χ1v) is 6.66. The molecule has 0 bridgehead atoms. The summed E-state index contributed by atoms with van der Waals surface area (Å²) >= 11 is 0. The molecule has 1 aliphatic rings. The molecule has 0 saturated carbocycles. The smallest absolute Gasteiger partial charge is 0.210 e. The second-order valence-corrected chi connectivity index (χ2v) is 5.39. The summed E-state index contributed by atoms with van der Waals surface area (Å²) in [5, 5.41) is 28.6. The summed E-state index contributed by atoms with van der Waals surface area (Å²) in [5.74, 6) is 1.30. The molecule has 0 radical (unpaired) electrons. The fourth-order valence-corrected chi connectivity index (χ4v) is 2.58. The highest BCUT2D eigenvalue weighted by Crippen LogP contribution is 2.36. The van der Waals surface area contributed by atoms with Crippen LogP contribution in [0.15, 0.2) is 47.2 Å². The fourth-order valence-electron chi connectivity index (χ4n) is 2.58. The van der Waals surface area contributed by atoms with Gasteiger partial charge in [-0.15, -0.1) is 6.42 Å². The van der Waals surface area contributed by atoms with E-state index in [4.69, 9.17) is 6.42 Å². The SMILES string of the molecule is C#C/C(O)=C(O)\C=C(\O)CC1C=C(C)CCC1C(=C)C. The lowest BCUT2D eigenvalue weighted by Crippen LogP contribution is -2.19. The molecule has 108 valence electrons. The van der Waals surface area contributed by atoms with Gasteiger partial charge >= 0.3 is 0 Å². The minimum absolute atomic E-state index is 0.00787. The molecule has 3 heteroatoms. The summed E-state index contributed by atoms with van der Waals surface area (Å²) in [4.78, 5) is 0. The Morgan fingerprint density at radius 1 is 1.50 bits per heavy atom. The van der Waals surface area contributed by atoms with Gasteiger partial charge < -0.3 is 15.3 Å². The van der Waals surface area contributed by atoms with Crippen molar-refractivity contribution in [3.63, 3.8) is 0 Å². The molecule has 0 heterocycles. The van der Waals surface area contributed by atoms with Crippen molar-refractivity contribution in [3.05, 3.63) is 47.2 Å². The van der Waals surface area contributed by atoms with Crippen molar-refractivity contribution in [2.45, 2.75) is 33.1 Å². The lowest BCUT2D eigenvalue weighted by Gasteiger charge is -2.30. The minimum atomic E-state index is -0.580. The van der Waals surface area contributed by atoms with Crippen LogP contribution in [0.4, 0.5) is 0 Å². The van der Waals surface area contributed by atoms with Gasteiger partial charge in [-0.2, -0.15) is 0 Å². The maximum Gasteiger partial charge on any atom is 0.210 e. The Morgan fingerprint density at radius 3 is 2.70 bits per heavy atom. The lowest BCUT2D eigenvalue weighted by atomic mass is 9.76. The minimum Gasteiger partial charge on any atom is -0.512 e. The zero-order valence-corrected chi connectivity index (χ0v) is 12.1. The molecule has 0 aromatic rings. The zero-order valence-electron chi connectivity index (χ0n) is 12.1. The van der Waals surface area contributed by atoms with Gasteiger partial charge in [0.2, 0.25) is 5.76 Å². The first-order chi connectivity index (χ1) is 9.35. The van der Waals surface area contributed by atoms with E-state index in [1.54, 1.807) is 0 Å². The third-order valence-electron chi connectivity index (χ3n) is 3.63. The third-order valence-corrected chi connectivity index (χ3v) is 3.63. The average molecular weight is 274 g/mol. The molecule has 0 aromatic heterocycles. The van der Waals surface area contributed by atoms with Crippen LogP contribution in [0, 0.1) is 24.2 Å². The van der Waals surface area contributed by atoms with Gasteiger partial charge in [0, 0.05) is 12.5 Å². The Bertz CT molecular complexity index is 515. The predicted molar refractivity (Wildman–Crippen MR) is 81.2 cm³/mol. The van der Waals surface area contributed by atoms with Crippen LogP contribution in [-0.4, -0.2) is 15.3 Å². The van der Waals surface area contributed by atoms with Crippen LogP contribution in [0.5, 0.6) is 0 Å². The van der Waals surface area contributed by atoms with E-state index in [2.05, 4.69) is 19.6 Å². The van der Waals surface area contributed by atoms with Gasteiger partial charge in [0.1, 0.15) is 0 Å². The normalized spacial score (nSPS) is 24.4. The van der Waals surface area contributed by atoms with E-state index in [0.717, 1.165) is 24.5 Å². The van der Waals surface area contributed by atoms with Gasteiger partial charge in [0.05, 0.1) is 5.76 Å². The zero-order chi connectivity index (χ0) is 15.3. The Balaban J connectivity index is 2.90. The van der Waals surface area contributed by atoms with Crippen LogP contribution in [0.25, 0.3) is 0 Å². The number of aliphatic hydroxyl groups excluding tert-OH is 3. The van der Waals surface area contributed by atoms with Gasteiger partial charge in [0.25, 0.3) is 0 Å². The van der Waals surface area contributed by atoms with Crippen molar-refractivity contribution in [3.8, 4) is 12.3 Å². The van der Waals surface area contributed by atoms with E-state index >= 15 is 0 Å². The first kappa shape index (κ1) is 16.0. The van der Waals surface area contributed by atoms with Crippen molar-refractivity contribution in [2.24, 2.45) is 11.8 Å². The standard InChI is InChI=1S/C17H22O3/c1-5-16(19)17(20)10-14(18)9-13-8-12(4)6-7-15(13)11(2)3/h1,8,10,13,15,18-20H,2,6-7,9H2,3-4H3/b14-10+,17-16-. The monoisotopic (exact) mass is 274 g/mol. The number of aliphatic hydroxyl groups is 3. The lowest BCUT2D eigenvalue weighted by molar-refractivity contribution is 0.311. The maximum atomic E-state index is 9.93. The fraction of sp³-hybridized carbons (Fsp3) is 0.412. The van der Waals surface area contributed by atoms with Gasteiger partial charge in [-0.05, 0) is 44.4 Å². The van der Waals surface area contributed by atoms with E-state index in [0.29, 0.717) is 12.3 Å². The molecule has 0 saturated heterocycles. The average Bonchev–Trinajstić information content (AvgIpc) is 2.37.